The maximum absolute atomic E-state index is 4.44. The average molecular weight is 142 g/mol. The van der Waals surface area contributed by atoms with Crippen LogP contribution in [-0.4, -0.2) is 5.99 Å². The summed E-state index contributed by atoms with van der Waals surface area (Å²) in [5, 5.41) is 0. The van der Waals surface area contributed by atoms with Crippen LogP contribution < -0.4 is 0 Å². The van der Waals surface area contributed by atoms with E-state index in [-0.39, 0.29) is 0 Å². The van der Waals surface area contributed by atoms with Crippen LogP contribution in [0, 0.1) is 0 Å². The maximum Gasteiger partial charge on any atom is 0.205 e. The predicted molar refractivity (Wildman–Crippen MR) is 47.4 cm³/mol. The first-order valence-electron chi connectivity index (χ1n) is 3.99. The second kappa shape index (κ2) is 3.55. The molecule has 0 heterocycles. The Kier molecular flexibility index (Phi) is 2.97. The van der Waals surface area contributed by atoms with Crippen LogP contribution in [0.2, 0.25) is 12.6 Å². The maximum atomic E-state index is 4.44. The van der Waals surface area contributed by atoms with E-state index in [4.69, 9.17) is 0 Å². The first-order chi connectivity index (χ1) is 4.30. The first-order valence-corrected chi connectivity index (χ1v) is 4.50. The van der Waals surface area contributed by atoms with Crippen molar-refractivity contribution in [3.63, 3.8) is 0 Å². The zero-order chi connectivity index (χ0) is 6.69. The molecule has 0 atom stereocenters. The molecule has 1 aliphatic carbocycles. The molecule has 0 bridgehead atoms. The van der Waals surface area contributed by atoms with Gasteiger partial charge in [-0.3, -0.25) is 0 Å². The van der Waals surface area contributed by atoms with Crippen molar-refractivity contribution in [2.75, 3.05) is 0 Å². The Hall–Kier alpha value is 0.415. The Morgan fingerprint density at radius 3 is 2.11 bits per heavy atom. The molecule has 0 unspecified atom stereocenters. The van der Waals surface area contributed by atoms with Crippen LogP contribution >= 0.6 is 12.5 Å². The summed E-state index contributed by atoms with van der Waals surface area (Å²) < 4.78 is 0. The summed E-state index contributed by atoms with van der Waals surface area (Å²) in [6.45, 7) is 2.22. The lowest BCUT2D eigenvalue weighted by atomic mass is 9.59. The Balaban J connectivity index is 2.23. The van der Waals surface area contributed by atoms with E-state index in [2.05, 4.69) is 19.3 Å². The minimum absolute atomic E-state index is 0.630. The third-order valence-electron chi connectivity index (χ3n) is 2.33. The first kappa shape index (κ1) is 7.52. The van der Waals surface area contributed by atoms with E-state index in [9.17, 15) is 0 Å². The monoisotopic (exact) mass is 142 g/mol. The number of rotatable bonds is 1. The van der Waals surface area contributed by atoms with E-state index < -0.39 is 0 Å². The van der Waals surface area contributed by atoms with Gasteiger partial charge >= 0.3 is 0 Å². The molecule has 0 amide bonds. The number of thiol groups is 1. The highest BCUT2D eigenvalue weighted by atomic mass is 32.1. The second-order valence-corrected chi connectivity index (χ2v) is 3.95. The zero-order valence-electron chi connectivity index (χ0n) is 6.14. The van der Waals surface area contributed by atoms with Gasteiger partial charge in [-0.2, -0.15) is 0 Å². The van der Waals surface area contributed by atoms with Crippen LogP contribution in [0.3, 0.4) is 0 Å². The van der Waals surface area contributed by atoms with Crippen molar-refractivity contribution in [1.29, 1.82) is 0 Å². The van der Waals surface area contributed by atoms with Crippen molar-refractivity contribution < 1.29 is 0 Å². The highest BCUT2D eigenvalue weighted by Gasteiger charge is 2.19. The van der Waals surface area contributed by atoms with E-state index >= 15 is 0 Å². The van der Waals surface area contributed by atoms with Gasteiger partial charge in [-0.05, 0) is 0 Å². The predicted octanol–water partition coefficient (Wildman–Crippen LogP) is 2.87. The molecule has 0 aliphatic heterocycles. The average Bonchev–Trinajstić information content (AvgIpc) is 1.90. The molecule has 0 aromatic heterocycles. The molecule has 0 aromatic rings. The van der Waals surface area contributed by atoms with E-state index in [0.29, 0.717) is 5.99 Å². The van der Waals surface area contributed by atoms with Gasteiger partial charge in [-0.25, -0.2) is 12.5 Å². The van der Waals surface area contributed by atoms with Gasteiger partial charge < -0.3 is 0 Å². The molecule has 0 nitrogen and oxygen atoms in total. The Morgan fingerprint density at radius 1 is 1.22 bits per heavy atom. The summed E-state index contributed by atoms with van der Waals surface area (Å²) in [5.74, 6) is 1.55. The standard InChI is InChI=1S/C7H15BS/c1-8(9)7-5-3-2-4-6-7/h7,9H,2-6H2,1H3. The number of hydrogen-bond acceptors (Lipinski definition) is 1. The largest absolute Gasteiger partial charge is 0.227 e. The fraction of sp³-hybridized carbons (Fsp3) is 1.00. The second-order valence-electron chi connectivity index (χ2n) is 3.14. The summed E-state index contributed by atoms with van der Waals surface area (Å²) in [6.07, 6.45) is 7.18. The summed E-state index contributed by atoms with van der Waals surface area (Å²) in [6, 6.07) is 0. The van der Waals surface area contributed by atoms with Crippen LogP contribution in [0.5, 0.6) is 0 Å². The van der Waals surface area contributed by atoms with Gasteiger partial charge in [-0.1, -0.05) is 44.7 Å². The van der Waals surface area contributed by atoms with Crippen molar-refractivity contribution in [2.24, 2.45) is 0 Å². The topological polar surface area (TPSA) is 0 Å². The summed E-state index contributed by atoms with van der Waals surface area (Å²) in [5.41, 5.74) is 0. The quantitative estimate of drug-likeness (QED) is 0.422. The number of hydrogen-bond donors (Lipinski definition) is 1. The molecule has 1 aliphatic rings. The summed E-state index contributed by atoms with van der Waals surface area (Å²) in [4.78, 5) is 0. The molecule has 0 N–H and O–H groups in total. The molecule has 0 spiro atoms. The fourth-order valence-corrected chi connectivity index (χ4v) is 1.91. The Morgan fingerprint density at radius 2 is 1.78 bits per heavy atom. The normalized spacial score (nSPS) is 22.0. The lowest BCUT2D eigenvalue weighted by Gasteiger charge is -2.22. The molecule has 0 aromatic carbocycles. The lowest BCUT2D eigenvalue weighted by molar-refractivity contribution is 0.500. The van der Waals surface area contributed by atoms with Gasteiger partial charge in [0.05, 0.1) is 0 Å². The van der Waals surface area contributed by atoms with Gasteiger partial charge in [0, 0.05) is 0 Å². The molecular weight excluding hydrogens is 127 g/mol. The summed E-state index contributed by atoms with van der Waals surface area (Å²) >= 11 is 4.44. The highest BCUT2D eigenvalue weighted by molar-refractivity contribution is 8.10. The molecule has 0 saturated heterocycles. The third-order valence-corrected chi connectivity index (χ3v) is 2.75. The highest BCUT2D eigenvalue weighted by Crippen LogP contribution is 2.31. The molecule has 9 heavy (non-hydrogen) atoms. The van der Waals surface area contributed by atoms with E-state index in [1.807, 2.05) is 0 Å². The Labute approximate surface area is 63.8 Å². The van der Waals surface area contributed by atoms with Gasteiger partial charge in [0.1, 0.15) is 0 Å². The van der Waals surface area contributed by atoms with Crippen LogP contribution in [0.1, 0.15) is 32.1 Å². The molecule has 1 rings (SSSR count). The lowest BCUT2D eigenvalue weighted by Crippen LogP contribution is -2.12. The van der Waals surface area contributed by atoms with Crippen LogP contribution in [-0.2, 0) is 0 Å². The third kappa shape index (κ3) is 2.25. The molecule has 1 saturated carbocycles. The molecule has 52 valence electrons. The SMILES string of the molecule is CB(S)C1CCCCC1. The minimum atomic E-state index is 0.630. The molecule has 1 fully saturated rings. The zero-order valence-corrected chi connectivity index (χ0v) is 7.03. The Bertz CT molecular complexity index is 77.0. The van der Waals surface area contributed by atoms with Crippen LogP contribution in [0.4, 0.5) is 0 Å². The molecule has 2 heteroatoms. The van der Waals surface area contributed by atoms with E-state index in [1.54, 1.807) is 0 Å². The van der Waals surface area contributed by atoms with Gasteiger partial charge in [0.25, 0.3) is 0 Å². The van der Waals surface area contributed by atoms with Crippen LogP contribution in [0.15, 0.2) is 0 Å². The van der Waals surface area contributed by atoms with Crippen molar-refractivity contribution in [3.8, 4) is 0 Å². The van der Waals surface area contributed by atoms with Crippen molar-refractivity contribution in [2.45, 2.75) is 44.7 Å². The van der Waals surface area contributed by atoms with Gasteiger partial charge in [0.2, 0.25) is 5.99 Å². The van der Waals surface area contributed by atoms with Crippen molar-refractivity contribution >= 4 is 18.5 Å². The summed E-state index contributed by atoms with van der Waals surface area (Å²) in [7, 11) is 0. The molecular formula is C7H15BS. The van der Waals surface area contributed by atoms with E-state index in [1.165, 1.54) is 32.1 Å². The minimum Gasteiger partial charge on any atom is -0.227 e. The smallest absolute Gasteiger partial charge is 0.205 e. The van der Waals surface area contributed by atoms with Crippen molar-refractivity contribution in [1.82, 2.24) is 0 Å². The molecule has 0 radical (unpaired) electrons. The van der Waals surface area contributed by atoms with E-state index in [0.717, 1.165) is 5.82 Å². The van der Waals surface area contributed by atoms with Gasteiger partial charge in [0.15, 0.2) is 0 Å². The van der Waals surface area contributed by atoms with Gasteiger partial charge in [-0.15, -0.1) is 0 Å². The van der Waals surface area contributed by atoms with Crippen LogP contribution in [0.25, 0.3) is 0 Å². The van der Waals surface area contributed by atoms with Crippen molar-refractivity contribution in [3.05, 3.63) is 0 Å². The fourth-order valence-electron chi connectivity index (χ4n) is 1.62.